The number of aromatic nitrogens is 8. The van der Waals surface area contributed by atoms with Crippen molar-refractivity contribution >= 4 is 140 Å². The molecule has 4 aromatic carbocycles. The summed E-state index contributed by atoms with van der Waals surface area (Å²) in [7, 11) is 3.50. The second kappa shape index (κ2) is 31.9. The maximum atomic E-state index is 12.6. The van der Waals surface area contributed by atoms with Gasteiger partial charge in [0.1, 0.15) is 44.0 Å². The van der Waals surface area contributed by atoms with Crippen LogP contribution in [0.5, 0.6) is 11.5 Å². The molecule has 26 nitrogen and oxygen atoms in total. The summed E-state index contributed by atoms with van der Waals surface area (Å²) in [5.41, 5.74) is 16.0. The van der Waals surface area contributed by atoms with Gasteiger partial charge in [-0.1, -0.05) is 37.0 Å². The highest BCUT2D eigenvalue weighted by atomic mass is 35.5. The number of benzene rings is 4. The second-order valence-corrected chi connectivity index (χ2v) is 29.7. The van der Waals surface area contributed by atoms with Gasteiger partial charge in [-0.15, -0.1) is 0 Å². The normalized spacial score (nSPS) is 16.5. The van der Waals surface area contributed by atoms with Crippen LogP contribution in [0.2, 0.25) is 15.3 Å². The van der Waals surface area contributed by atoms with E-state index in [1.54, 1.807) is 44.7 Å². The fraction of sp³-hybridized carbons (Fsp3) is 0.455. The Hall–Kier alpha value is -7.67. The van der Waals surface area contributed by atoms with Gasteiger partial charge in [0.2, 0.25) is 31.3 Å². The van der Waals surface area contributed by atoms with Crippen molar-refractivity contribution in [2.24, 2.45) is 0 Å². The molecule has 12 rings (SSSR count). The van der Waals surface area contributed by atoms with Crippen LogP contribution >= 0.6 is 34.8 Å². The number of nitrogens with two attached hydrogens (primary N) is 1. The van der Waals surface area contributed by atoms with E-state index in [0.717, 1.165) is 122 Å². The molecule has 0 radical (unpaired) electrons. The van der Waals surface area contributed by atoms with Gasteiger partial charge in [0.15, 0.2) is 11.6 Å². The second-order valence-electron chi connectivity index (χ2n) is 24.6. The quantitative estimate of drug-likeness (QED) is 0.0459. The smallest absolute Gasteiger partial charge is 0.232 e. The number of nitrogen functional groups attached to an aromatic ring is 1. The van der Waals surface area contributed by atoms with Crippen LogP contribution < -0.4 is 49.6 Å². The summed E-state index contributed by atoms with van der Waals surface area (Å²) in [5.74, 6) is 2.30. The molecule has 0 saturated carbocycles. The van der Waals surface area contributed by atoms with Gasteiger partial charge in [-0.2, -0.15) is 9.97 Å². The lowest BCUT2D eigenvalue weighted by atomic mass is 9.99. The van der Waals surface area contributed by atoms with Gasteiger partial charge < -0.3 is 50.8 Å². The van der Waals surface area contributed by atoms with Gasteiger partial charge in [0.25, 0.3) is 0 Å². The lowest BCUT2D eigenvalue weighted by Gasteiger charge is -2.43. The van der Waals surface area contributed by atoms with E-state index in [1.165, 1.54) is 107 Å². The summed E-state index contributed by atoms with van der Waals surface area (Å²) in [5, 5.41) is 10.0. The standard InChI is InChI=1S/C33H43ClN10O3S.C19H32N4O.C14H12Cl2N6O2S/c1-6-22-19-27(29(47-4)20-28(22)44-13-9-23(10-14-44)43-17-15-41(2)16-18-43)39-33-37-21-24(34)32(40-33)38-26-8-7-25-30(36-12-11-35-25)31(26)42(3)48(5,45)46;1-4-15-13-17(20)19(24-3)14-18(15)23-7-5-16(6-8-23)22-11-9-21(2)10-12-22;1-22(25(2,23)24)12-10(4-3-9-11(12)18-6-5-17-9)20-13-8(15)7-19-14(16)21-13/h7-8,11-12,19-21,23H,6,9-10,13-18H2,1-5H3,(H2,37,38,39,40);13-14,16H,4-12,20H2,1-3H3;3-7H,1-2H3,(H,19,20,21). The van der Waals surface area contributed by atoms with Crippen LogP contribution in [-0.4, -0.2) is 222 Å². The summed E-state index contributed by atoms with van der Waals surface area (Å²) in [6.45, 7) is 18.0. The molecule has 0 atom stereocenters. The average Bonchev–Trinajstić information content (AvgIpc) is 0.794. The number of methoxy groups -OCH3 is 2. The van der Waals surface area contributed by atoms with Crippen molar-refractivity contribution in [2.75, 3.05) is 174 Å². The van der Waals surface area contributed by atoms with E-state index in [4.69, 9.17) is 50.0 Å². The highest BCUT2D eigenvalue weighted by Gasteiger charge is 2.31. The number of aryl methyl sites for hydroxylation is 2. The number of nitrogens with one attached hydrogen (secondary N) is 3. The molecule has 4 aliphatic rings. The number of nitrogens with zero attached hydrogens (tertiary/aromatic N) is 16. The number of hydrogen-bond acceptors (Lipinski definition) is 24. The minimum absolute atomic E-state index is 0.00509. The molecule has 4 aliphatic heterocycles. The first-order chi connectivity index (χ1) is 46.4. The number of halogens is 3. The Morgan fingerprint density at radius 2 is 0.959 bits per heavy atom. The monoisotopic (exact) mass is 1420 g/mol. The third-order valence-electron chi connectivity index (χ3n) is 18.4. The van der Waals surface area contributed by atoms with Crippen molar-refractivity contribution < 1.29 is 26.3 Å². The summed E-state index contributed by atoms with van der Waals surface area (Å²) in [6.07, 6.45) is 17.8. The fourth-order valence-corrected chi connectivity index (χ4v) is 14.1. The summed E-state index contributed by atoms with van der Waals surface area (Å²) < 4.78 is 62.9. The van der Waals surface area contributed by atoms with Gasteiger partial charge in [0, 0.05) is 153 Å². The van der Waals surface area contributed by atoms with E-state index < -0.39 is 20.0 Å². The molecule has 4 aromatic heterocycles. The van der Waals surface area contributed by atoms with E-state index in [2.05, 4.69) is 137 Å². The Labute approximate surface area is 584 Å². The maximum Gasteiger partial charge on any atom is 0.232 e. The molecule has 4 fully saturated rings. The summed E-state index contributed by atoms with van der Waals surface area (Å²) >= 11 is 18.4. The molecule has 31 heteroatoms. The van der Waals surface area contributed by atoms with E-state index in [9.17, 15) is 16.8 Å². The van der Waals surface area contributed by atoms with Gasteiger partial charge >= 0.3 is 0 Å². The van der Waals surface area contributed by atoms with Crippen molar-refractivity contribution in [3.05, 3.63) is 112 Å². The molecule has 0 amide bonds. The zero-order valence-electron chi connectivity index (χ0n) is 56.6. The third-order valence-corrected chi connectivity index (χ3v) is 21.5. The predicted octanol–water partition coefficient (Wildman–Crippen LogP) is 9.67. The van der Waals surface area contributed by atoms with Gasteiger partial charge in [-0.05, 0) is 112 Å². The van der Waals surface area contributed by atoms with Crippen LogP contribution in [-0.2, 0) is 32.9 Å². The minimum Gasteiger partial charge on any atom is -0.495 e. The number of ether oxygens (including phenoxy) is 2. The van der Waals surface area contributed by atoms with E-state index >= 15 is 0 Å². The molecule has 5 N–H and O–H groups in total. The Morgan fingerprint density at radius 3 is 1.40 bits per heavy atom. The van der Waals surface area contributed by atoms with Crippen LogP contribution in [0.25, 0.3) is 22.1 Å². The zero-order valence-corrected chi connectivity index (χ0v) is 60.5. The number of piperidine rings is 2. The van der Waals surface area contributed by atoms with Crippen molar-refractivity contribution in [3.8, 4) is 11.5 Å². The topological polar surface area (TPSA) is 278 Å². The molecular weight excluding hydrogens is 1340 g/mol. The number of piperazine rings is 2. The molecule has 0 unspecified atom stereocenters. The van der Waals surface area contributed by atoms with E-state index in [-0.39, 0.29) is 27.0 Å². The van der Waals surface area contributed by atoms with E-state index in [0.29, 0.717) is 62.6 Å². The number of hydrogen-bond donors (Lipinski definition) is 4. The Morgan fingerprint density at radius 1 is 0.536 bits per heavy atom. The molecular formula is C66H87Cl3N20O6S2. The van der Waals surface area contributed by atoms with E-state index in [1.807, 2.05) is 0 Å². The molecule has 8 aromatic rings. The first-order valence-electron chi connectivity index (χ1n) is 32.3. The Bertz CT molecular complexity index is 4290. The molecule has 97 heavy (non-hydrogen) atoms. The maximum absolute atomic E-state index is 12.6. The average molecular weight is 1430 g/mol. The summed E-state index contributed by atoms with van der Waals surface area (Å²) in [6, 6.07) is 16.7. The minimum atomic E-state index is -3.63. The number of likely N-dealkylation sites (N-methyl/N-ethyl adjacent to an activating group) is 2. The van der Waals surface area contributed by atoms with Crippen molar-refractivity contribution in [2.45, 2.75) is 64.5 Å². The van der Waals surface area contributed by atoms with Crippen molar-refractivity contribution in [1.82, 2.24) is 59.5 Å². The zero-order chi connectivity index (χ0) is 69.3. The molecule has 4 saturated heterocycles. The molecule has 520 valence electrons. The molecule has 0 spiro atoms. The van der Waals surface area contributed by atoms with Crippen LogP contribution in [0.1, 0.15) is 50.7 Å². The highest BCUT2D eigenvalue weighted by Crippen LogP contribution is 2.41. The molecule has 8 heterocycles. The van der Waals surface area contributed by atoms with Crippen molar-refractivity contribution in [1.29, 1.82) is 0 Å². The number of fused-ring (bicyclic) bond motifs is 2. The molecule has 0 bridgehead atoms. The van der Waals surface area contributed by atoms with Gasteiger partial charge in [-0.25, -0.2) is 26.8 Å². The van der Waals surface area contributed by atoms with Crippen LogP contribution in [0.4, 0.5) is 63.1 Å². The molecule has 0 aliphatic carbocycles. The van der Waals surface area contributed by atoms with Crippen molar-refractivity contribution in [3.63, 3.8) is 0 Å². The first-order valence-corrected chi connectivity index (χ1v) is 37.2. The predicted molar refractivity (Wildman–Crippen MR) is 392 cm³/mol. The summed E-state index contributed by atoms with van der Waals surface area (Å²) in [4.78, 5) is 49.3. The first kappa shape index (κ1) is 72.1. The van der Waals surface area contributed by atoms with Gasteiger partial charge in [0.05, 0.1) is 72.9 Å². The SMILES string of the molecule is CCc1cc(N)c(OC)cc1N1CCC(N2CCN(C)CC2)CC1.CCc1cc(Nc2ncc(Cl)c(Nc3ccc4nccnc4c3N(C)S(C)(=O)=O)n2)c(OC)cc1N1CCC(N2CCN(C)CC2)CC1.CN(c1c(Nc2nc(Cl)ncc2Cl)ccc2nccnc12)S(C)(=O)=O. The fourth-order valence-electron chi connectivity index (χ4n) is 12.7. The highest BCUT2D eigenvalue weighted by molar-refractivity contribution is 7.92. The number of anilines is 11. The lowest BCUT2D eigenvalue weighted by Crippen LogP contribution is -2.52. The van der Waals surface area contributed by atoms with Gasteiger partial charge in [-0.3, -0.25) is 38.3 Å². The van der Waals surface area contributed by atoms with Crippen LogP contribution in [0.15, 0.2) is 85.7 Å². The lowest BCUT2D eigenvalue weighted by molar-refractivity contribution is 0.0982. The third kappa shape index (κ3) is 17.4. The Kier molecular flexibility index (Phi) is 23.7. The Balaban J connectivity index is 0.000000175. The largest absolute Gasteiger partial charge is 0.495 e. The van der Waals surface area contributed by atoms with Crippen LogP contribution in [0.3, 0.4) is 0 Å². The number of sulfonamides is 2. The van der Waals surface area contributed by atoms with Crippen LogP contribution in [0, 0.1) is 0 Å². The number of rotatable bonds is 18.